The molecular weight excluding hydrogens is 370 g/mol. The number of hydrogen-bond donors (Lipinski definition) is 1. The number of rotatable bonds is 15. The van der Waals surface area contributed by atoms with Gasteiger partial charge in [0.2, 0.25) is 0 Å². The molecule has 0 aliphatic carbocycles. The van der Waals surface area contributed by atoms with Crippen molar-refractivity contribution in [2.24, 2.45) is 0 Å². The summed E-state index contributed by atoms with van der Waals surface area (Å²) in [6, 6.07) is 6.27. The van der Waals surface area contributed by atoms with Crippen LogP contribution in [0.15, 0.2) is 18.2 Å². The average Bonchev–Trinajstić information content (AvgIpc) is 2.69. The highest BCUT2D eigenvalue weighted by Crippen LogP contribution is 2.32. The Hall–Kier alpha value is -1.51. The molecule has 1 amide bonds. The minimum Gasteiger partial charge on any atom is -0.446 e. The zero-order valence-electron chi connectivity index (χ0n) is 20.6. The summed E-state index contributed by atoms with van der Waals surface area (Å²) in [6.07, 6.45) is 13.8. The van der Waals surface area contributed by atoms with Crippen LogP contribution in [0.25, 0.3) is 0 Å². The number of carbonyl (C=O) groups is 1. The van der Waals surface area contributed by atoms with Crippen LogP contribution >= 0.6 is 0 Å². The van der Waals surface area contributed by atoms with Crippen molar-refractivity contribution >= 4 is 11.8 Å². The van der Waals surface area contributed by atoms with E-state index in [2.05, 4.69) is 58.1 Å². The highest BCUT2D eigenvalue weighted by molar-refractivity contribution is 5.87. The molecule has 172 valence electrons. The molecule has 3 nitrogen and oxygen atoms in total. The van der Waals surface area contributed by atoms with Gasteiger partial charge >= 0.3 is 6.09 Å². The number of unbranched alkanes of at least 4 members (excludes halogenated alkanes) is 9. The lowest BCUT2D eigenvalue weighted by atomic mass is 9.93. The first-order valence-electron chi connectivity index (χ1n) is 12.5. The third-order valence-corrected chi connectivity index (χ3v) is 5.87. The van der Waals surface area contributed by atoms with Gasteiger partial charge in [-0.2, -0.15) is 0 Å². The standard InChI is InChI=1S/C27H47NO2/c1-7-8-9-10-11-12-13-14-15-16-18-23(6)30-27(29)28-26-24(21(2)3)19-17-20-25(26)22(4)5/h17,19-23H,7-16,18H2,1-6H3,(H,28,29). The van der Waals surface area contributed by atoms with Gasteiger partial charge < -0.3 is 4.74 Å². The van der Waals surface area contributed by atoms with Crippen molar-refractivity contribution in [1.82, 2.24) is 0 Å². The van der Waals surface area contributed by atoms with Crippen LogP contribution < -0.4 is 5.32 Å². The Labute approximate surface area is 186 Å². The predicted octanol–water partition coefficient (Wildman–Crippen LogP) is 9.18. The van der Waals surface area contributed by atoms with Crippen LogP contribution in [0.5, 0.6) is 0 Å². The summed E-state index contributed by atoms with van der Waals surface area (Å²) in [6.45, 7) is 12.9. The van der Waals surface area contributed by atoms with E-state index in [1.54, 1.807) is 0 Å². The second-order valence-corrected chi connectivity index (χ2v) is 9.43. The van der Waals surface area contributed by atoms with Gasteiger partial charge in [0.05, 0.1) is 5.69 Å². The molecule has 1 unspecified atom stereocenters. The number of hydrogen-bond acceptors (Lipinski definition) is 2. The second-order valence-electron chi connectivity index (χ2n) is 9.43. The van der Waals surface area contributed by atoms with E-state index in [1.165, 1.54) is 68.9 Å². The highest BCUT2D eigenvalue weighted by atomic mass is 16.6. The number of nitrogens with one attached hydrogen (secondary N) is 1. The molecule has 0 aliphatic rings. The zero-order valence-corrected chi connectivity index (χ0v) is 20.6. The molecule has 0 radical (unpaired) electrons. The van der Waals surface area contributed by atoms with Crippen molar-refractivity contribution in [2.45, 2.75) is 130 Å². The molecule has 0 bridgehead atoms. The molecule has 0 saturated heterocycles. The largest absolute Gasteiger partial charge is 0.446 e. The molecule has 0 aromatic heterocycles. The van der Waals surface area contributed by atoms with Crippen molar-refractivity contribution in [2.75, 3.05) is 5.32 Å². The van der Waals surface area contributed by atoms with Crippen LogP contribution in [-0.4, -0.2) is 12.2 Å². The summed E-state index contributed by atoms with van der Waals surface area (Å²) < 4.78 is 5.66. The van der Waals surface area contributed by atoms with Gasteiger partial charge in [-0.1, -0.05) is 111 Å². The number of para-hydroxylation sites is 1. The molecule has 0 aliphatic heterocycles. The lowest BCUT2D eigenvalue weighted by Crippen LogP contribution is -2.22. The molecule has 1 rings (SSSR count). The SMILES string of the molecule is CCCCCCCCCCCCC(C)OC(=O)Nc1c(C(C)C)cccc1C(C)C. The maximum Gasteiger partial charge on any atom is 0.411 e. The minimum atomic E-state index is -0.329. The number of amides is 1. The van der Waals surface area contributed by atoms with Crippen LogP contribution in [0.3, 0.4) is 0 Å². The summed E-state index contributed by atoms with van der Waals surface area (Å²) >= 11 is 0. The molecule has 1 N–H and O–H groups in total. The summed E-state index contributed by atoms with van der Waals surface area (Å²) in [5.74, 6) is 0.700. The number of benzene rings is 1. The van der Waals surface area contributed by atoms with Gasteiger partial charge in [-0.25, -0.2) is 4.79 Å². The van der Waals surface area contributed by atoms with Gasteiger partial charge in [-0.05, 0) is 42.7 Å². The number of carbonyl (C=O) groups excluding carboxylic acids is 1. The molecule has 3 heteroatoms. The van der Waals surface area contributed by atoms with E-state index in [1.807, 2.05) is 6.92 Å². The Balaban J connectivity index is 2.32. The highest BCUT2D eigenvalue weighted by Gasteiger charge is 2.17. The first kappa shape index (κ1) is 26.5. The van der Waals surface area contributed by atoms with Crippen LogP contribution in [0, 0.1) is 0 Å². The van der Waals surface area contributed by atoms with Crippen LogP contribution in [0.1, 0.15) is 135 Å². The van der Waals surface area contributed by atoms with Gasteiger partial charge in [0.15, 0.2) is 0 Å². The maximum atomic E-state index is 12.5. The first-order valence-corrected chi connectivity index (χ1v) is 12.5. The molecule has 1 aromatic carbocycles. The molecule has 0 fully saturated rings. The maximum absolute atomic E-state index is 12.5. The molecular formula is C27H47NO2. The molecule has 0 spiro atoms. The second kappa shape index (κ2) is 15.3. The summed E-state index contributed by atoms with van der Waals surface area (Å²) in [7, 11) is 0. The summed E-state index contributed by atoms with van der Waals surface area (Å²) in [5.41, 5.74) is 3.26. The normalized spacial score (nSPS) is 12.4. The van der Waals surface area contributed by atoms with Gasteiger partial charge in [-0.15, -0.1) is 0 Å². The van der Waals surface area contributed by atoms with E-state index in [4.69, 9.17) is 4.74 Å². The van der Waals surface area contributed by atoms with E-state index in [0.717, 1.165) is 18.5 Å². The lowest BCUT2D eigenvalue weighted by molar-refractivity contribution is 0.114. The molecule has 0 saturated carbocycles. The van der Waals surface area contributed by atoms with Gasteiger partial charge in [0.1, 0.15) is 6.10 Å². The van der Waals surface area contributed by atoms with E-state index in [-0.39, 0.29) is 12.2 Å². The fourth-order valence-corrected chi connectivity index (χ4v) is 3.99. The van der Waals surface area contributed by atoms with Crippen molar-refractivity contribution < 1.29 is 9.53 Å². The lowest BCUT2D eigenvalue weighted by Gasteiger charge is -2.21. The van der Waals surface area contributed by atoms with Crippen LogP contribution in [0.2, 0.25) is 0 Å². The zero-order chi connectivity index (χ0) is 22.4. The van der Waals surface area contributed by atoms with E-state index >= 15 is 0 Å². The van der Waals surface area contributed by atoms with Crippen molar-refractivity contribution in [3.63, 3.8) is 0 Å². The number of anilines is 1. The molecule has 30 heavy (non-hydrogen) atoms. The van der Waals surface area contributed by atoms with Gasteiger partial charge in [0, 0.05) is 0 Å². The van der Waals surface area contributed by atoms with Crippen molar-refractivity contribution in [1.29, 1.82) is 0 Å². The number of ether oxygens (including phenoxy) is 1. The van der Waals surface area contributed by atoms with Crippen LogP contribution in [0.4, 0.5) is 10.5 Å². The van der Waals surface area contributed by atoms with Crippen molar-refractivity contribution in [3.05, 3.63) is 29.3 Å². The molecule has 0 heterocycles. The van der Waals surface area contributed by atoms with Gasteiger partial charge in [0.25, 0.3) is 0 Å². The topological polar surface area (TPSA) is 38.3 Å². The Morgan fingerprint density at radius 3 is 1.73 bits per heavy atom. The Kier molecular flexibility index (Phi) is 13.5. The quantitative estimate of drug-likeness (QED) is 0.289. The molecule has 1 atom stereocenters. The van der Waals surface area contributed by atoms with Gasteiger partial charge in [-0.3, -0.25) is 5.32 Å². The fraction of sp³-hybridized carbons (Fsp3) is 0.741. The monoisotopic (exact) mass is 417 g/mol. The summed E-state index contributed by atoms with van der Waals surface area (Å²) in [4.78, 5) is 12.5. The summed E-state index contributed by atoms with van der Waals surface area (Å²) in [5, 5.41) is 3.05. The Bertz CT molecular complexity index is 568. The van der Waals surface area contributed by atoms with Crippen LogP contribution in [-0.2, 0) is 4.74 Å². The Morgan fingerprint density at radius 1 is 0.800 bits per heavy atom. The van der Waals surface area contributed by atoms with Crippen molar-refractivity contribution in [3.8, 4) is 0 Å². The Morgan fingerprint density at radius 2 is 1.27 bits per heavy atom. The third-order valence-electron chi connectivity index (χ3n) is 5.87. The van der Waals surface area contributed by atoms with E-state index in [0.29, 0.717) is 11.8 Å². The average molecular weight is 418 g/mol. The first-order chi connectivity index (χ1) is 14.4. The predicted molar refractivity (Wildman–Crippen MR) is 131 cm³/mol. The smallest absolute Gasteiger partial charge is 0.411 e. The fourth-order valence-electron chi connectivity index (χ4n) is 3.99. The molecule has 1 aromatic rings. The minimum absolute atomic E-state index is 0.0484. The third kappa shape index (κ3) is 10.5. The van der Waals surface area contributed by atoms with E-state index in [9.17, 15) is 4.79 Å². The van der Waals surface area contributed by atoms with E-state index < -0.39 is 0 Å².